The van der Waals surface area contributed by atoms with Crippen LogP contribution in [0.2, 0.25) is 0 Å². The fraction of sp³-hybridized carbons (Fsp3) is 0.357. The quantitative estimate of drug-likeness (QED) is 0.305. The minimum atomic E-state index is -3.35. The van der Waals surface area contributed by atoms with Crippen LogP contribution < -0.4 is 0 Å². The SMILES string of the molecule is CO[PH](=O)C(CCC(C)C)(C(=O)O)C(O)(Cc1ccc(F)cc1)c1ccc(C)c(-c2ccccc2)n1. The number of hydrogen-bond donors (Lipinski definition) is 2. The van der Waals surface area contributed by atoms with E-state index in [4.69, 9.17) is 9.51 Å². The van der Waals surface area contributed by atoms with E-state index in [0.717, 1.165) is 11.1 Å². The molecule has 8 heteroatoms. The van der Waals surface area contributed by atoms with Gasteiger partial charge < -0.3 is 14.7 Å². The lowest BCUT2D eigenvalue weighted by Gasteiger charge is -2.43. The minimum absolute atomic E-state index is 0.0674. The monoisotopic (exact) mass is 513 g/mol. The van der Waals surface area contributed by atoms with E-state index < -0.39 is 30.6 Å². The van der Waals surface area contributed by atoms with Crippen molar-refractivity contribution in [2.75, 3.05) is 7.11 Å². The summed E-state index contributed by atoms with van der Waals surface area (Å²) in [7, 11) is -2.17. The second-order valence-corrected chi connectivity index (χ2v) is 11.4. The Morgan fingerprint density at radius 1 is 1.08 bits per heavy atom. The van der Waals surface area contributed by atoms with Crippen molar-refractivity contribution < 1.29 is 28.5 Å². The molecular formula is C28H33FNO5P. The molecule has 0 aliphatic rings. The van der Waals surface area contributed by atoms with Crippen LogP contribution in [-0.4, -0.2) is 33.4 Å². The van der Waals surface area contributed by atoms with Gasteiger partial charge in [-0.2, -0.15) is 0 Å². The number of carbonyl (C=O) groups is 1. The molecule has 0 aliphatic heterocycles. The van der Waals surface area contributed by atoms with Gasteiger partial charge in [-0.25, -0.2) is 9.37 Å². The van der Waals surface area contributed by atoms with Crippen molar-refractivity contribution in [3.8, 4) is 11.3 Å². The third-order valence-corrected chi connectivity index (χ3v) is 8.59. The van der Waals surface area contributed by atoms with Crippen LogP contribution in [0.15, 0.2) is 66.7 Å². The topological polar surface area (TPSA) is 96.7 Å². The number of aliphatic carboxylic acids is 1. The van der Waals surface area contributed by atoms with Crippen molar-refractivity contribution in [2.45, 2.75) is 50.8 Å². The first-order valence-electron chi connectivity index (χ1n) is 11.9. The zero-order valence-corrected chi connectivity index (χ0v) is 22.0. The van der Waals surface area contributed by atoms with Gasteiger partial charge in [-0.05, 0) is 55.0 Å². The Balaban J connectivity index is 2.33. The molecule has 0 amide bonds. The fourth-order valence-corrected chi connectivity index (χ4v) is 5.96. The molecule has 0 radical (unpaired) electrons. The van der Waals surface area contributed by atoms with E-state index in [0.29, 0.717) is 17.7 Å². The normalized spacial score (nSPS) is 15.8. The van der Waals surface area contributed by atoms with Crippen LogP contribution in [-0.2, 0) is 25.9 Å². The number of aromatic nitrogens is 1. The van der Waals surface area contributed by atoms with Crippen molar-refractivity contribution in [1.29, 1.82) is 0 Å². The number of rotatable bonds is 11. The Bertz CT molecular complexity index is 1220. The predicted molar refractivity (Wildman–Crippen MR) is 139 cm³/mol. The van der Waals surface area contributed by atoms with Crippen LogP contribution in [0.3, 0.4) is 0 Å². The van der Waals surface area contributed by atoms with E-state index in [9.17, 15) is 24.0 Å². The van der Waals surface area contributed by atoms with Gasteiger partial charge in [0.05, 0.1) is 11.4 Å². The maximum absolute atomic E-state index is 13.6. The summed E-state index contributed by atoms with van der Waals surface area (Å²) < 4.78 is 32.3. The summed E-state index contributed by atoms with van der Waals surface area (Å²) in [5.74, 6) is -1.81. The van der Waals surface area contributed by atoms with E-state index in [-0.39, 0.29) is 24.5 Å². The lowest BCUT2D eigenvalue weighted by atomic mass is 9.75. The maximum atomic E-state index is 13.6. The predicted octanol–water partition coefficient (Wildman–Crippen LogP) is 6.01. The number of hydrogen-bond acceptors (Lipinski definition) is 5. The molecule has 0 fully saturated rings. The zero-order valence-electron chi connectivity index (χ0n) is 21.0. The molecule has 0 aliphatic carbocycles. The number of carboxylic acids is 1. The van der Waals surface area contributed by atoms with Crippen molar-refractivity contribution in [3.05, 3.63) is 89.4 Å². The van der Waals surface area contributed by atoms with Crippen LogP contribution >= 0.6 is 8.03 Å². The largest absolute Gasteiger partial charge is 0.480 e. The van der Waals surface area contributed by atoms with Gasteiger partial charge in [-0.3, -0.25) is 9.36 Å². The Morgan fingerprint density at radius 2 is 1.72 bits per heavy atom. The van der Waals surface area contributed by atoms with Crippen LogP contribution in [0.25, 0.3) is 11.3 Å². The first-order chi connectivity index (χ1) is 17.0. The first-order valence-corrected chi connectivity index (χ1v) is 13.2. The molecular weight excluding hydrogens is 480 g/mol. The van der Waals surface area contributed by atoms with E-state index >= 15 is 0 Å². The molecule has 0 spiro atoms. The highest BCUT2D eigenvalue weighted by atomic mass is 31.1. The first kappa shape index (κ1) is 27.7. The van der Waals surface area contributed by atoms with Gasteiger partial charge in [0.2, 0.25) is 8.03 Å². The highest BCUT2D eigenvalue weighted by Gasteiger charge is 2.62. The zero-order chi connectivity index (χ0) is 26.5. The van der Waals surface area contributed by atoms with Gasteiger partial charge in [0.15, 0.2) is 5.16 Å². The second-order valence-electron chi connectivity index (χ2n) is 9.53. The van der Waals surface area contributed by atoms with Gasteiger partial charge in [-0.1, -0.05) is 62.4 Å². The summed E-state index contributed by atoms with van der Waals surface area (Å²) in [6.45, 7) is 5.72. The Hall–Kier alpha value is -2.86. The standard InChI is InChI=1S/C28H33FNO5P/c1-19(2)16-17-28(26(31)32,36(34)35-4)27(33,18-21-11-13-23(29)14-12-21)24-15-10-20(3)25(30-24)22-8-6-5-7-9-22/h5-15,19,33,36H,16-18H2,1-4H3,(H,31,32). The number of pyridine rings is 1. The van der Waals surface area contributed by atoms with Gasteiger partial charge in [0.1, 0.15) is 11.4 Å². The van der Waals surface area contributed by atoms with E-state index in [2.05, 4.69) is 0 Å². The van der Waals surface area contributed by atoms with Crippen molar-refractivity contribution >= 4 is 14.0 Å². The minimum Gasteiger partial charge on any atom is -0.480 e. The molecule has 6 nitrogen and oxygen atoms in total. The summed E-state index contributed by atoms with van der Waals surface area (Å²) in [5.41, 5.74) is 0.516. The molecule has 1 aromatic heterocycles. The third-order valence-electron chi connectivity index (χ3n) is 6.64. The maximum Gasteiger partial charge on any atom is 0.322 e. The number of carboxylic acid groups (broad SMARTS) is 1. The van der Waals surface area contributed by atoms with Crippen molar-refractivity contribution in [3.63, 3.8) is 0 Å². The third kappa shape index (κ3) is 5.44. The van der Waals surface area contributed by atoms with Gasteiger partial charge in [0, 0.05) is 19.1 Å². The Labute approximate surface area is 212 Å². The molecule has 0 saturated heterocycles. The molecule has 2 aromatic carbocycles. The highest BCUT2D eigenvalue weighted by molar-refractivity contribution is 7.42. The highest BCUT2D eigenvalue weighted by Crippen LogP contribution is 2.56. The molecule has 3 aromatic rings. The van der Waals surface area contributed by atoms with E-state index in [1.54, 1.807) is 12.1 Å². The summed E-state index contributed by atoms with van der Waals surface area (Å²) >= 11 is 0. The Morgan fingerprint density at radius 3 is 2.28 bits per heavy atom. The average Bonchev–Trinajstić information content (AvgIpc) is 2.86. The fourth-order valence-electron chi connectivity index (χ4n) is 4.53. The molecule has 1 heterocycles. The second kappa shape index (κ2) is 11.5. The molecule has 3 rings (SSSR count). The summed E-state index contributed by atoms with van der Waals surface area (Å²) in [5, 5.41) is 20.9. The van der Waals surface area contributed by atoms with Gasteiger partial charge >= 0.3 is 5.97 Å². The number of halogens is 1. The molecule has 36 heavy (non-hydrogen) atoms. The molecule has 0 bridgehead atoms. The van der Waals surface area contributed by atoms with Crippen LogP contribution in [0.1, 0.15) is 43.5 Å². The van der Waals surface area contributed by atoms with E-state index in [1.165, 1.54) is 31.4 Å². The van der Waals surface area contributed by atoms with Crippen LogP contribution in [0.5, 0.6) is 0 Å². The van der Waals surface area contributed by atoms with Gasteiger partial charge in [0.25, 0.3) is 0 Å². The summed E-state index contributed by atoms with van der Waals surface area (Å²) in [6.07, 6.45) is 0.0382. The van der Waals surface area contributed by atoms with Crippen LogP contribution in [0, 0.1) is 18.7 Å². The van der Waals surface area contributed by atoms with E-state index in [1.807, 2.05) is 51.1 Å². The summed E-state index contributed by atoms with van der Waals surface area (Å²) in [4.78, 5) is 17.8. The molecule has 192 valence electrons. The number of aliphatic hydroxyl groups is 1. The lowest BCUT2D eigenvalue weighted by molar-refractivity contribution is -0.151. The molecule has 2 N–H and O–H groups in total. The average molecular weight is 514 g/mol. The lowest BCUT2D eigenvalue weighted by Crippen LogP contribution is -2.57. The van der Waals surface area contributed by atoms with Crippen molar-refractivity contribution in [2.24, 2.45) is 5.92 Å². The molecule has 3 unspecified atom stereocenters. The smallest absolute Gasteiger partial charge is 0.322 e. The summed E-state index contributed by atoms with van der Waals surface area (Å²) in [6, 6.07) is 18.1. The number of benzene rings is 2. The number of aryl methyl sites for hydroxylation is 1. The molecule has 3 atom stereocenters. The van der Waals surface area contributed by atoms with Crippen LogP contribution in [0.4, 0.5) is 4.39 Å². The van der Waals surface area contributed by atoms with Gasteiger partial charge in [-0.15, -0.1) is 0 Å². The molecule has 0 saturated carbocycles. The number of nitrogens with zero attached hydrogens (tertiary/aromatic N) is 1. The van der Waals surface area contributed by atoms with Crippen molar-refractivity contribution in [1.82, 2.24) is 4.98 Å². The Kier molecular flexibility index (Phi) is 8.83.